The fraction of sp³-hybridized carbons (Fsp3) is 0.500. The average molecular weight is 268 g/mol. The van der Waals surface area contributed by atoms with Crippen molar-refractivity contribution < 1.29 is 14.6 Å². The van der Waals surface area contributed by atoms with Gasteiger partial charge in [-0.15, -0.1) is 0 Å². The number of aliphatic hydroxyl groups excluding tert-OH is 1. The topological polar surface area (TPSA) is 93.6 Å². The van der Waals surface area contributed by atoms with E-state index in [1.807, 2.05) is 6.92 Å². The SMILES string of the molecule is CCOCc1cn([C@H]2C=C[C@@H](CO)O2)c(=O)[nH]c1=O. The van der Waals surface area contributed by atoms with Crippen LogP contribution in [0.1, 0.15) is 18.7 Å². The second-order valence-corrected chi connectivity index (χ2v) is 4.09. The molecule has 0 saturated heterocycles. The molecule has 1 aliphatic heterocycles. The van der Waals surface area contributed by atoms with E-state index in [9.17, 15) is 9.59 Å². The highest BCUT2D eigenvalue weighted by molar-refractivity contribution is 5.07. The number of aliphatic hydroxyl groups is 1. The second-order valence-electron chi connectivity index (χ2n) is 4.09. The molecular formula is C12H16N2O5. The van der Waals surface area contributed by atoms with Crippen LogP contribution in [0.2, 0.25) is 0 Å². The summed E-state index contributed by atoms with van der Waals surface area (Å²) in [5.74, 6) is 0. The van der Waals surface area contributed by atoms with Crippen molar-refractivity contribution in [2.45, 2.75) is 25.9 Å². The van der Waals surface area contributed by atoms with Crippen LogP contribution in [-0.4, -0.2) is 34.0 Å². The Morgan fingerprint density at radius 1 is 1.47 bits per heavy atom. The number of ether oxygens (including phenoxy) is 2. The van der Waals surface area contributed by atoms with Crippen molar-refractivity contribution in [1.29, 1.82) is 0 Å². The highest BCUT2D eigenvalue weighted by Gasteiger charge is 2.21. The zero-order valence-electron chi connectivity index (χ0n) is 10.5. The van der Waals surface area contributed by atoms with Crippen LogP contribution in [0, 0.1) is 0 Å². The molecule has 0 unspecified atom stereocenters. The summed E-state index contributed by atoms with van der Waals surface area (Å²) in [6.45, 7) is 2.27. The van der Waals surface area contributed by atoms with E-state index in [1.54, 1.807) is 12.2 Å². The fourth-order valence-electron chi connectivity index (χ4n) is 1.78. The summed E-state index contributed by atoms with van der Waals surface area (Å²) in [6.07, 6.45) is 3.70. The molecule has 0 aromatic carbocycles. The molecular weight excluding hydrogens is 252 g/mol. The van der Waals surface area contributed by atoms with Crippen molar-refractivity contribution >= 4 is 0 Å². The van der Waals surface area contributed by atoms with Crippen molar-refractivity contribution in [1.82, 2.24) is 9.55 Å². The summed E-state index contributed by atoms with van der Waals surface area (Å²) in [5, 5.41) is 8.97. The molecule has 7 nitrogen and oxygen atoms in total. The van der Waals surface area contributed by atoms with Gasteiger partial charge in [-0.2, -0.15) is 0 Å². The van der Waals surface area contributed by atoms with Gasteiger partial charge in [0.25, 0.3) is 5.56 Å². The Balaban J connectivity index is 2.28. The first-order chi connectivity index (χ1) is 9.15. The van der Waals surface area contributed by atoms with Crippen LogP contribution in [-0.2, 0) is 16.1 Å². The Kier molecular flexibility index (Phi) is 4.31. The van der Waals surface area contributed by atoms with Gasteiger partial charge in [0, 0.05) is 12.8 Å². The molecule has 0 saturated carbocycles. The third-order valence-electron chi connectivity index (χ3n) is 2.76. The minimum Gasteiger partial charge on any atom is -0.393 e. The molecule has 0 amide bonds. The highest BCUT2D eigenvalue weighted by Crippen LogP contribution is 2.18. The van der Waals surface area contributed by atoms with Crippen LogP contribution >= 0.6 is 0 Å². The van der Waals surface area contributed by atoms with Gasteiger partial charge in [-0.3, -0.25) is 14.3 Å². The molecule has 0 spiro atoms. The first kappa shape index (κ1) is 13.7. The van der Waals surface area contributed by atoms with E-state index in [1.165, 1.54) is 10.8 Å². The number of hydrogen-bond acceptors (Lipinski definition) is 5. The van der Waals surface area contributed by atoms with Gasteiger partial charge in [-0.25, -0.2) is 4.79 Å². The van der Waals surface area contributed by atoms with Crippen molar-refractivity contribution in [3.8, 4) is 0 Å². The summed E-state index contributed by atoms with van der Waals surface area (Å²) in [5.41, 5.74) is -0.667. The zero-order valence-corrected chi connectivity index (χ0v) is 10.5. The van der Waals surface area contributed by atoms with Gasteiger partial charge < -0.3 is 14.6 Å². The quantitative estimate of drug-likeness (QED) is 0.703. The van der Waals surface area contributed by atoms with Crippen molar-refractivity contribution in [3.05, 3.63) is 44.8 Å². The molecule has 0 radical (unpaired) electrons. The largest absolute Gasteiger partial charge is 0.393 e. The van der Waals surface area contributed by atoms with Gasteiger partial charge >= 0.3 is 5.69 Å². The lowest BCUT2D eigenvalue weighted by Gasteiger charge is -2.15. The van der Waals surface area contributed by atoms with Gasteiger partial charge in [0.05, 0.1) is 18.8 Å². The van der Waals surface area contributed by atoms with Crippen molar-refractivity contribution in [2.75, 3.05) is 13.2 Å². The molecule has 0 aliphatic carbocycles. The van der Waals surface area contributed by atoms with E-state index in [-0.39, 0.29) is 13.2 Å². The molecule has 19 heavy (non-hydrogen) atoms. The maximum Gasteiger partial charge on any atom is 0.330 e. The van der Waals surface area contributed by atoms with E-state index in [2.05, 4.69) is 4.98 Å². The fourth-order valence-corrected chi connectivity index (χ4v) is 1.78. The van der Waals surface area contributed by atoms with Crippen molar-refractivity contribution in [3.63, 3.8) is 0 Å². The van der Waals surface area contributed by atoms with Gasteiger partial charge in [-0.05, 0) is 13.0 Å². The van der Waals surface area contributed by atoms with Crippen LogP contribution in [0.5, 0.6) is 0 Å². The van der Waals surface area contributed by atoms with Gasteiger partial charge in [0.1, 0.15) is 6.10 Å². The number of rotatable bonds is 5. The van der Waals surface area contributed by atoms with Crippen molar-refractivity contribution in [2.24, 2.45) is 0 Å². The zero-order chi connectivity index (χ0) is 13.8. The Morgan fingerprint density at radius 2 is 2.26 bits per heavy atom. The summed E-state index contributed by atoms with van der Waals surface area (Å²) < 4.78 is 11.8. The molecule has 104 valence electrons. The normalized spacial score (nSPS) is 22.0. The number of H-pyrrole nitrogens is 1. The lowest BCUT2D eigenvalue weighted by molar-refractivity contribution is -0.0107. The molecule has 1 aliphatic rings. The summed E-state index contributed by atoms with van der Waals surface area (Å²) in [6, 6.07) is 0. The number of aromatic amines is 1. The minimum absolute atomic E-state index is 0.131. The van der Waals surface area contributed by atoms with Crippen LogP contribution < -0.4 is 11.2 Å². The summed E-state index contributed by atoms with van der Waals surface area (Å²) in [4.78, 5) is 25.5. The van der Waals surface area contributed by atoms with Gasteiger partial charge in [0.15, 0.2) is 6.23 Å². The molecule has 2 atom stereocenters. The van der Waals surface area contributed by atoms with E-state index < -0.39 is 23.6 Å². The lowest BCUT2D eigenvalue weighted by atomic mass is 10.3. The van der Waals surface area contributed by atoms with Crippen LogP contribution in [0.25, 0.3) is 0 Å². The molecule has 2 rings (SSSR count). The molecule has 2 heterocycles. The van der Waals surface area contributed by atoms with E-state index in [0.717, 1.165) is 0 Å². The highest BCUT2D eigenvalue weighted by atomic mass is 16.5. The predicted molar refractivity (Wildman–Crippen MR) is 66.8 cm³/mol. The maximum absolute atomic E-state index is 11.7. The van der Waals surface area contributed by atoms with Gasteiger partial charge in [-0.1, -0.05) is 6.08 Å². The maximum atomic E-state index is 11.7. The van der Waals surface area contributed by atoms with E-state index >= 15 is 0 Å². The molecule has 1 aromatic rings. The van der Waals surface area contributed by atoms with Gasteiger partial charge in [0.2, 0.25) is 0 Å². The number of nitrogens with one attached hydrogen (secondary N) is 1. The predicted octanol–water partition coefficient (Wildman–Crippen LogP) is -0.481. The average Bonchev–Trinajstić information content (AvgIpc) is 2.86. The molecule has 0 fully saturated rings. The lowest BCUT2D eigenvalue weighted by Crippen LogP contribution is -2.34. The Bertz CT molecular complexity index is 574. The Hall–Kier alpha value is -1.70. The number of hydrogen-bond donors (Lipinski definition) is 2. The monoisotopic (exact) mass is 268 g/mol. The number of nitrogens with zero attached hydrogens (tertiary/aromatic N) is 1. The first-order valence-corrected chi connectivity index (χ1v) is 6.02. The third-order valence-corrected chi connectivity index (χ3v) is 2.76. The second kappa shape index (κ2) is 5.96. The Morgan fingerprint density at radius 3 is 2.89 bits per heavy atom. The minimum atomic E-state index is -0.623. The molecule has 7 heteroatoms. The molecule has 2 N–H and O–H groups in total. The van der Waals surface area contributed by atoms with Crippen LogP contribution in [0.3, 0.4) is 0 Å². The summed E-state index contributed by atoms with van der Waals surface area (Å²) in [7, 11) is 0. The molecule has 1 aromatic heterocycles. The standard InChI is InChI=1S/C12H16N2O5/c1-2-18-7-8-5-14(12(17)13-11(8)16)10-4-3-9(6-15)19-10/h3-5,9-10,15H,2,6-7H2,1H3,(H,13,16,17)/t9-,10+/m0/s1. The first-order valence-electron chi connectivity index (χ1n) is 6.02. The third kappa shape index (κ3) is 3.01. The van der Waals surface area contributed by atoms with E-state index in [4.69, 9.17) is 14.6 Å². The Labute approximate surface area is 109 Å². The van der Waals surface area contributed by atoms with Crippen LogP contribution in [0.15, 0.2) is 27.9 Å². The molecule has 0 bridgehead atoms. The van der Waals surface area contributed by atoms with E-state index in [0.29, 0.717) is 12.2 Å². The summed E-state index contributed by atoms with van der Waals surface area (Å²) >= 11 is 0. The number of aromatic nitrogens is 2. The smallest absolute Gasteiger partial charge is 0.330 e. The van der Waals surface area contributed by atoms with Crippen LogP contribution in [0.4, 0.5) is 0 Å².